The fraction of sp³-hybridized carbons (Fsp3) is 0.824. The van der Waals surface area contributed by atoms with Gasteiger partial charge in [-0.25, -0.2) is 0 Å². The van der Waals surface area contributed by atoms with Crippen molar-refractivity contribution in [3.05, 3.63) is 11.6 Å². The largest absolute Gasteiger partial charge is 0.349 e. The maximum absolute atomic E-state index is 4.52. The fourth-order valence-corrected chi connectivity index (χ4v) is 4.66. The van der Waals surface area contributed by atoms with Crippen LogP contribution in [-0.2, 0) is 19.5 Å². The monoisotopic (exact) mass is 316 g/mol. The third kappa shape index (κ3) is 2.83. The quantitative estimate of drug-likeness (QED) is 0.669. The number of nitrogens with one attached hydrogen (secondary N) is 1. The summed E-state index contributed by atoms with van der Waals surface area (Å²) in [5, 5.41) is 12.1. The molecule has 0 atom stereocenters. The molecule has 1 N–H and O–H groups in total. The first kappa shape index (κ1) is 15.0. The first-order valence-corrected chi connectivity index (χ1v) is 9.16. The zero-order valence-corrected chi connectivity index (χ0v) is 14.2. The smallest absolute Gasteiger partial charge is 0.194 e. The van der Waals surface area contributed by atoms with E-state index >= 15 is 0 Å². The Bertz CT molecular complexity index is 584. The second-order valence-electron chi connectivity index (χ2n) is 7.42. The van der Waals surface area contributed by atoms with E-state index in [9.17, 15) is 0 Å². The summed E-state index contributed by atoms with van der Waals surface area (Å²) in [6.45, 7) is 4.09. The minimum Gasteiger partial charge on any atom is -0.349 e. The summed E-state index contributed by atoms with van der Waals surface area (Å²) < 4.78 is 2.26. The van der Waals surface area contributed by atoms with Gasteiger partial charge in [0.15, 0.2) is 11.8 Å². The lowest BCUT2D eigenvalue weighted by molar-refractivity contribution is 0.203. The highest BCUT2D eigenvalue weighted by Crippen LogP contribution is 2.43. The van der Waals surface area contributed by atoms with E-state index in [1.807, 2.05) is 7.05 Å². The van der Waals surface area contributed by atoms with Gasteiger partial charge in [0.1, 0.15) is 5.82 Å². The predicted molar refractivity (Wildman–Crippen MR) is 90.2 cm³/mol. The lowest BCUT2D eigenvalue weighted by Crippen LogP contribution is -2.41. The van der Waals surface area contributed by atoms with Crippen LogP contribution < -0.4 is 5.32 Å². The molecule has 0 unspecified atom stereocenters. The van der Waals surface area contributed by atoms with E-state index in [1.54, 1.807) is 0 Å². The topological polar surface area (TPSA) is 58.3 Å². The van der Waals surface area contributed by atoms with Gasteiger partial charge in [0.05, 0.1) is 6.54 Å². The fourth-order valence-electron chi connectivity index (χ4n) is 4.66. The van der Waals surface area contributed by atoms with Gasteiger partial charge >= 0.3 is 0 Å². The zero-order valence-electron chi connectivity index (χ0n) is 14.2. The van der Waals surface area contributed by atoms with Crippen LogP contribution in [0.25, 0.3) is 0 Å². The van der Waals surface area contributed by atoms with Crippen molar-refractivity contribution in [2.45, 2.75) is 64.5 Å². The number of fused-ring (bicyclic) bond motifs is 1. The lowest BCUT2D eigenvalue weighted by atomic mass is 9.73. The molecule has 0 amide bonds. The molecule has 1 spiro atoms. The number of likely N-dealkylation sites (tertiary alicyclic amines) is 1. The molecular weight excluding hydrogens is 288 g/mol. The van der Waals surface area contributed by atoms with Crippen molar-refractivity contribution in [2.75, 3.05) is 20.1 Å². The molecule has 0 radical (unpaired) electrons. The number of nitrogens with zero attached hydrogens (tertiary/aromatic N) is 5. The van der Waals surface area contributed by atoms with Crippen LogP contribution in [0.15, 0.2) is 4.99 Å². The molecule has 6 nitrogen and oxygen atoms in total. The zero-order chi connectivity index (χ0) is 15.7. The lowest BCUT2D eigenvalue weighted by Gasteiger charge is -2.33. The van der Waals surface area contributed by atoms with Crippen LogP contribution in [-0.4, -0.2) is 45.8 Å². The summed E-state index contributed by atoms with van der Waals surface area (Å²) in [7, 11) is 1.89. The molecule has 0 aromatic carbocycles. The summed E-state index contributed by atoms with van der Waals surface area (Å²) in [4.78, 5) is 6.97. The Morgan fingerprint density at radius 1 is 1.13 bits per heavy atom. The van der Waals surface area contributed by atoms with Gasteiger partial charge in [-0.3, -0.25) is 4.99 Å². The van der Waals surface area contributed by atoms with Crippen molar-refractivity contribution < 1.29 is 0 Å². The number of aryl methyl sites for hydroxylation is 1. The van der Waals surface area contributed by atoms with Crippen molar-refractivity contribution in [3.8, 4) is 0 Å². The number of rotatable bonds is 2. The molecule has 1 saturated carbocycles. The average molecular weight is 316 g/mol. The third-order valence-corrected chi connectivity index (χ3v) is 5.95. The van der Waals surface area contributed by atoms with Gasteiger partial charge in [0, 0.05) is 33.1 Å². The van der Waals surface area contributed by atoms with Crippen molar-refractivity contribution in [1.82, 2.24) is 25.0 Å². The molecule has 2 fully saturated rings. The van der Waals surface area contributed by atoms with E-state index in [0.29, 0.717) is 5.41 Å². The number of hydrogen-bond acceptors (Lipinski definition) is 3. The molecule has 1 saturated heterocycles. The van der Waals surface area contributed by atoms with Crippen molar-refractivity contribution in [3.63, 3.8) is 0 Å². The van der Waals surface area contributed by atoms with E-state index in [0.717, 1.165) is 43.7 Å². The third-order valence-electron chi connectivity index (χ3n) is 5.95. The Labute approximate surface area is 138 Å². The summed E-state index contributed by atoms with van der Waals surface area (Å²) in [6, 6.07) is 0. The Kier molecular flexibility index (Phi) is 3.99. The summed E-state index contributed by atoms with van der Waals surface area (Å²) in [5.41, 5.74) is 0.561. The Hall–Kier alpha value is -1.59. The van der Waals surface area contributed by atoms with Crippen LogP contribution in [0.1, 0.15) is 56.6 Å². The van der Waals surface area contributed by atoms with Crippen LogP contribution in [0.5, 0.6) is 0 Å². The average Bonchev–Trinajstić information content (AvgIpc) is 3.27. The van der Waals surface area contributed by atoms with Crippen molar-refractivity contribution >= 4 is 5.96 Å². The second-order valence-corrected chi connectivity index (χ2v) is 7.42. The van der Waals surface area contributed by atoms with E-state index in [-0.39, 0.29) is 0 Å². The summed E-state index contributed by atoms with van der Waals surface area (Å²) in [5.74, 6) is 3.21. The van der Waals surface area contributed by atoms with Gasteiger partial charge in [0.2, 0.25) is 0 Å². The molecule has 3 heterocycles. The van der Waals surface area contributed by atoms with Crippen LogP contribution in [0.3, 0.4) is 0 Å². The molecule has 1 aromatic rings. The number of aliphatic imine (C=N–C) groups is 1. The first-order chi connectivity index (χ1) is 11.3. The number of guanidine groups is 1. The Balaban J connectivity index is 1.38. The molecule has 2 aliphatic heterocycles. The number of hydrogen-bond donors (Lipinski definition) is 1. The highest BCUT2D eigenvalue weighted by molar-refractivity contribution is 5.80. The minimum absolute atomic E-state index is 0.561. The van der Waals surface area contributed by atoms with Gasteiger partial charge in [-0.15, -0.1) is 10.2 Å². The van der Waals surface area contributed by atoms with Gasteiger partial charge < -0.3 is 14.8 Å². The molecule has 6 heteroatoms. The minimum atomic E-state index is 0.561. The van der Waals surface area contributed by atoms with E-state index < -0.39 is 0 Å². The molecule has 4 rings (SSSR count). The molecule has 0 bridgehead atoms. The maximum Gasteiger partial charge on any atom is 0.194 e. The first-order valence-electron chi connectivity index (χ1n) is 9.16. The van der Waals surface area contributed by atoms with Crippen LogP contribution in [0, 0.1) is 5.41 Å². The normalized spacial score (nSPS) is 23.5. The Morgan fingerprint density at radius 3 is 2.83 bits per heavy atom. The van der Waals surface area contributed by atoms with Crippen molar-refractivity contribution in [1.29, 1.82) is 0 Å². The van der Waals surface area contributed by atoms with E-state index in [1.165, 1.54) is 51.5 Å². The van der Waals surface area contributed by atoms with Gasteiger partial charge in [-0.05, 0) is 31.1 Å². The van der Waals surface area contributed by atoms with Gasteiger partial charge in [-0.2, -0.15) is 0 Å². The Morgan fingerprint density at radius 2 is 2.00 bits per heavy atom. The summed E-state index contributed by atoms with van der Waals surface area (Å²) >= 11 is 0. The van der Waals surface area contributed by atoms with Crippen LogP contribution in [0.4, 0.5) is 0 Å². The molecule has 126 valence electrons. The standard InChI is InChI=1S/C17H28N6/c1-18-16(19-12-15-21-20-14-6-5-10-23(14)15)22-11-9-17(13-22)7-3-2-4-8-17/h2-13H2,1H3,(H,18,19). The van der Waals surface area contributed by atoms with Crippen LogP contribution >= 0.6 is 0 Å². The molecular formula is C17H28N6. The van der Waals surface area contributed by atoms with Gasteiger partial charge in [0.25, 0.3) is 0 Å². The highest BCUT2D eigenvalue weighted by Gasteiger charge is 2.39. The predicted octanol–water partition coefficient (Wildman–Crippen LogP) is 1.96. The highest BCUT2D eigenvalue weighted by atomic mass is 15.3. The molecule has 23 heavy (non-hydrogen) atoms. The van der Waals surface area contributed by atoms with Gasteiger partial charge in [-0.1, -0.05) is 19.3 Å². The SMILES string of the molecule is CN=C(NCc1nnc2n1CCC2)N1CCC2(CCCCC2)C1. The maximum atomic E-state index is 4.52. The van der Waals surface area contributed by atoms with E-state index in [4.69, 9.17) is 0 Å². The molecule has 3 aliphatic rings. The van der Waals surface area contributed by atoms with Crippen molar-refractivity contribution in [2.24, 2.45) is 10.4 Å². The molecule has 1 aliphatic carbocycles. The molecule has 1 aromatic heterocycles. The summed E-state index contributed by atoms with van der Waals surface area (Å²) in [6.07, 6.45) is 10.6. The van der Waals surface area contributed by atoms with Crippen LogP contribution in [0.2, 0.25) is 0 Å². The second kappa shape index (κ2) is 6.13. The van der Waals surface area contributed by atoms with E-state index in [2.05, 4.69) is 30.0 Å². The number of aromatic nitrogens is 3.